The molecule has 0 aliphatic rings. The summed E-state index contributed by atoms with van der Waals surface area (Å²) in [5.74, 6) is 0.0745. The van der Waals surface area contributed by atoms with Gasteiger partial charge in [-0.3, -0.25) is 9.78 Å². The average Bonchev–Trinajstić information content (AvgIpc) is 2.15. The first kappa shape index (κ1) is 10.7. The van der Waals surface area contributed by atoms with E-state index in [1.54, 1.807) is 24.2 Å². The smallest absolute Gasteiger partial charge is 0.232 e. The van der Waals surface area contributed by atoms with Gasteiger partial charge in [-0.05, 0) is 12.1 Å². The Bertz CT molecular complexity index is 314. The largest absolute Gasteiger partial charge is 0.314 e. The summed E-state index contributed by atoms with van der Waals surface area (Å²) in [6, 6.07) is 3.51. The molecule has 0 aromatic carbocycles. The van der Waals surface area contributed by atoms with Gasteiger partial charge >= 0.3 is 0 Å². The molecule has 0 atom stereocenters. The van der Waals surface area contributed by atoms with Crippen molar-refractivity contribution < 1.29 is 4.79 Å². The highest BCUT2D eigenvalue weighted by molar-refractivity contribution is 5.96. The molecule has 0 N–H and O–H groups in total. The molecule has 0 spiro atoms. The second-order valence-corrected chi connectivity index (χ2v) is 4.26. The van der Waals surface area contributed by atoms with E-state index in [2.05, 4.69) is 11.2 Å². The molecule has 3 heteroatoms. The number of amides is 1. The molecule has 1 aromatic heterocycles. The fourth-order valence-electron chi connectivity index (χ4n) is 1.13. The number of carbonyl (C=O) groups excluding carboxylic acids is 1. The Labute approximate surface area is 84.8 Å². The SMILES string of the molecule is CN(C(=O)C(C)(C)C)c1cc[c]nc1. The van der Waals surface area contributed by atoms with Crippen molar-refractivity contribution in [2.24, 2.45) is 5.41 Å². The first-order chi connectivity index (χ1) is 6.43. The highest BCUT2D eigenvalue weighted by Gasteiger charge is 2.25. The molecule has 0 aliphatic carbocycles. The Morgan fingerprint density at radius 2 is 2.14 bits per heavy atom. The molecule has 1 aromatic rings. The molecule has 0 fully saturated rings. The monoisotopic (exact) mass is 191 g/mol. The Kier molecular flexibility index (Phi) is 2.89. The van der Waals surface area contributed by atoms with E-state index in [-0.39, 0.29) is 11.3 Å². The van der Waals surface area contributed by atoms with Crippen LogP contribution in [0.2, 0.25) is 0 Å². The number of hydrogen-bond donors (Lipinski definition) is 0. The topological polar surface area (TPSA) is 33.2 Å². The summed E-state index contributed by atoms with van der Waals surface area (Å²) in [5, 5.41) is 0. The number of anilines is 1. The minimum atomic E-state index is -0.367. The highest BCUT2D eigenvalue weighted by Crippen LogP contribution is 2.20. The second-order valence-electron chi connectivity index (χ2n) is 4.26. The summed E-state index contributed by atoms with van der Waals surface area (Å²) in [7, 11) is 1.75. The van der Waals surface area contributed by atoms with Crippen molar-refractivity contribution in [3.63, 3.8) is 0 Å². The minimum Gasteiger partial charge on any atom is -0.314 e. The van der Waals surface area contributed by atoms with Crippen molar-refractivity contribution in [2.45, 2.75) is 20.8 Å². The van der Waals surface area contributed by atoms with Gasteiger partial charge in [0.2, 0.25) is 5.91 Å². The van der Waals surface area contributed by atoms with Crippen molar-refractivity contribution in [1.82, 2.24) is 4.98 Å². The summed E-state index contributed by atoms with van der Waals surface area (Å²) < 4.78 is 0. The lowest BCUT2D eigenvalue weighted by atomic mass is 9.95. The Hall–Kier alpha value is -1.38. The van der Waals surface area contributed by atoms with E-state index in [9.17, 15) is 4.79 Å². The Morgan fingerprint density at radius 3 is 2.57 bits per heavy atom. The van der Waals surface area contributed by atoms with E-state index in [4.69, 9.17) is 0 Å². The van der Waals surface area contributed by atoms with Crippen LogP contribution in [0.15, 0.2) is 18.3 Å². The molecule has 1 heterocycles. The molecule has 0 bridgehead atoms. The summed E-state index contributed by atoms with van der Waals surface area (Å²) in [4.78, 5) is 17.3. The third-order valence-corrected chi connectivity index (χ3v) is 1.93. The third kappa shape index (κ3) is 2.31. The van der Waals surface area contributed by atoms with Crippen LogP contribution < -0.4 is 4.90 Å². The second kappa shape index (κ2) is 3.78. The first-order valence-corrected chi connectivity index (χ1v) is 4.53. The predicted molar refractivity (Wildman–Crippen MR) is 55.9 cm³/mol. The van der Waals surface area contributed by atoms with Crippen LogP contribution in [0.4, 0.5) is 5.69 Å². The zero-order valence-electron chi connectivity index (χ0n) is 9.03. The van der Waals surface area contributed by atoms with E-state index in [1.807, 2.05) is 26.8 Å². The molecule has 1 rings (SSSR count). The van der Waals surface area contributed by atoms with E-state index in [0.29, 0.717) is 0 Å². The van der Waals surface area contributed by atoms with Crippen molar-refractivity contribution in [2.75, 3.05) is 11.9 Å². The zero-order valence-corrected chi connectivity index (χ0v) is 9.03. The van der Waals surface area contributed by atoms with Gasteiger partial charge < -0.3 is 4.90 Å². The maximum Gasteiger partial charge on any atom is 0.232 e. The highest BCUT2D eigenvalue weighted by atomic mass is 16.2. The van der Waals surface area contributed by atoms with Gasteiger partial charge in [0.1, 0.15) is 0 Å². The van der Waals surface area contributed by atoms with Gasteiger partial charge in [-0.1, -0.05) is 20.8 Å². The molecule has 14 heavy (non-hydrogen) atoms. The van der Waals surface area contributed by atoms with Crippen molar-refractivity contribution in [3.05, 3.63) is 24.5 Å². The van der Waals surface area contributed by atoms with Crippen LogP contribution in [0, 0.1) is 11.6 Å². The van der Waals surface area contributed by atoms with Gasteiger partial charge in [-0.25, -0.2) is 0 Å². The van der Waals surface area contributed by atoms with Gasteiger partial charge in [0, 0.05) is 12.5 Å². The number of hydrogen-bond acceptors (Lipinski definition) is 2. The molecule has 0 unspecified atom stereocenters. The molecule has 1 amide bonds. The van der Waals surface area contributed by atoms with Crippen molar-refractivity contribution in [1.29, 1.82) is 0 Å². The van der Waals surface area contributed by atoms with E-state index >= 15 is 0 Å². The van der Waals surface area contributed by atoms with Crippen molar-refractivity contribution >= 4 is 11.6 Å². The Balaban J connectivity index is 2.87. The normalized spacial score (nSPS) is 11.1. The summed E-state index contributed by atoms with van der Waals surface area (Å²) in [6.07, 6.45) is 4.31. The van der Waals surface area contributed by atoms with Crippen LogP contribution in [0.5, 0.6) is 0 Å². The summed E-state index contributed by atoms with van der Waals surface area (Å²) in [5.41, 5.74) is 0.428. The summed E-state index contributed by atoms with van der Waals surface area (Å²) in [6.45, 7) is 5.69. The van der Waals surface area contributed by atoms with Gasteiger partial charge in [0.15, 0.2) is 0 Å². The van der Waals surface area contributed by atoms with Crippen LogP contribution in [-0.4, -0.2) is 17.9 Å². The maximum absolute atomic E-state index is 11.9. The minimum absolute atomic E-state index is 0.0745. The number of pyridine rings is 1. The molecule has 75 valence electrons. The van der Waals surface area contributed by atoms with E-state index in [0.717, 1.165) is 5.69 Å². The number of carbonyl (C=O) groups is 1. The number of nitrogens with zero attached hydrogens (tertiary/aromatic N) is 2. The third-order valence-electron chi connectivity index (χ3n) is 1.93. The number of rotatable bonds is 1. The molecule has 0 saturated heterocycles. The predicted octanol–water partition coefficient (Wildman–Crippen LogP) is 1.89. The molecule has 3 nitrogen and oxygen atoms in total. The van der Waals surface area contributed by atoms with Gasteiger partial charge in [0.25, 0.3) is 0 Å². The van der Waals surface area contributed by atoms with Crippen LogP contribution in [-0.2, 0) is 4.79 Å². The quantitative estimate of drug-likeness (QED) is 0.679. The molecule has 0 saturated carbocycles. The standard InChI is InChI=1S/C11H15N2O/c1-11(2,3)10(14)13(4)9-6-5-7-12-8-9/h5-6,8H,1-4H3. The van der Waals surface area contributed by atoms with E-state index in [1.165, 1.54) is 0 Å². The molecule has 1 radical (unpaired) electrons. The van der Waals surface area contributed by atoms with Crippen LogP contribution >= 0.6 is 0 Å². The van der Waals surface area contributed by atoms with Gasteiger partial charge in [-0.15, -0.1) is 0 Å². The average molecular weight is 191 g/mol. The molecular formula is C11H15N2O. The number of aromatic nitrogens is 1. The fourth-order valence-corrected chi connectivity index (χ4v) is 1.13. The van der Waals surface area contributed by atoms with Gasteiger partial charge in [-0.2, -0.15) is 0 Å². The van der Waals surface area contributed by atoms with Crippen LogP contribution in [0.1, 0.15) is 20.8 Å². The maximum atomic E-state index is 11.9. The van der Waals surface area contributed by atoms with E-state index < -0.39 is 0 Å². The molecule has 0 aliphatic heterocycles. The zero-order chi connectivity index (χ0) is 10.8. The van der Waals surface area contributed by atoms with Crippen LogP contribution in [0.25, 0.3) is 0 Å². The van der Waals surface area contributed by atoms with Crippen molar-refractivity contribution in [3.8, 4) is 0 Å². The lowest BCUT2D eigenvalue weighted by Crippen LogP contribution is -2.36. The Morgan fingerprint density at radius 1 is 1.50 bits per heavy atom. The first-order valence-electron chi connectivity index (χ1n) is 4.53. The van der Waals surface area contributed by atoms with Crippen LogP contribution in [0.3, 0.4) is 0 Å². The van der Waals surface area contributed by atoms with Gasteiger partial charge in [0.05, 0.1) is 18.1 Å². The fraction of sp³-hybridized carbons (Fsp3) is 0.455. The summed E-state index contributed by atoms with van der Waals surface area (Å²) >= 11 is 0. The lowest BCUT2D eigenvalue weighted by molar-refractivity contribution is -0.125. The lowest BCUT2D eigenvalue weighted by Gasteiger charge is -2.25. The molecular weight excluding hydrogens is 176 g/mol.